The summed E-state index contributed by atoms with van der Waals surface area (Å²) in [7, 11) is 0. The Morgan fingerprint density at radius 2 is 1.96 bits per heavy atom. The van der Waals surface area contributed by atoms with E-state index in [-0.39, 0.29) is 11.5 Å². The van der Waals surface area contributed by atoms with Crippen molar-refractivity contribution < 1.29 is 0 Å². The first-order valence-corrected chi connectivity index (χ1v) is 8.34. The minimum atomic E-state index is -0.0518. The van der Waals surface area contributed by atoms with Gasteiger partial charge in [-0.25, -0.2) is 9.50 Å². The summed E-state index contributed by atoms with van der Waals surface area (Å²) in [6.07, 6.45) is 5.59. The van der Waals surface area contributed by atoms with Gasteiger partial charge in [-0.1, -0.05) is 26.8 Å². The second-order valence-electron chi connectivity index (χ2n) is 7.24. The van der Waals surface area contributed by atoms with E-state index < -0.39 is 0 Å². The number of anilines is 1. The number of aromatic nitrogens is 6. The monoisotopic (exact) mass is 335 g/mol. The van der Waals surface area contributed by atoms with E-state index in [0.717, 1.165) is 28.5 Å². The molecule has 0 radical (unpaired) electrons. The molecule has 4 aromatic rings. The van der Waals surface area contributed by atoms with E-state index in [1.807, 2.05) is 39.5 Å². The molecule has 0 aliphatic rings. The van der Waals surface area contributed by atoms with Crippen LogP contribution in [0.3, 0.4) is 0 Å². The van der Waals surface area contributed by atoms with Crippen LogP contribution in [-0.4, -0.2) is 29.2 Å². The second kappa shape index (κ2) is 5.54. The van der Waals surface area contributed by atoms with Crippen molar-refractivity contribution in [2.75, 3.05) is 5.32 Å². The van der Waals surface area contributed by atoms with Crippen LogP contribution in [0.5, 0.6) is 0 Å². The third kappa shape index (κ3) is 2.71. The predicted octanol–water partition coefficient (Wildman–Crippen LogP) is 3.24. The molecule has 25 heavy (non-hydrogen) atoms. The molecule has 0 saturated heterocycles. The Morgan fingerprint density at radius 3 is 2.76 bits per heavy atom. The molecule has 0 aliphatic carbocycles. The Morgan fingerprint density at radius 1 is 1.12 bits per heavy atom. The summed E-state index contributed by atoms with van der Waals surface area (Å²) in [4.78, 5) is 4.50. The van der Waals surface area contributed by atoms with Gasteiger partial charge in [0.05, 0.1) is 11.7 Å². The average Bonchev–Trinajstić information content (AvgIpc) is 3.19. The molecule has 4 aromatic heterocycles. The average molecular weight is 335 g/mol. The molecular formula is C18H21N7. The van der Waals surface area contributed by atoms with Gasteiger partial charge >= 0.3 is 0 Å². The third-order valence-electron chi connectivity index (χ3n) is 4.24. The van der Waals surface area contributed by atoms with Gasteiger partial charge in [-0.15, -0.1) is 10.2 Å². The smallest absolute Gasteiger partial charge is 0.160 e. The van der Waals surface area contributed by atoms with Crippen LogP contribution in [0.25, 0.3) is 11.2 Å². The lowest BCUT2D eigenvalue weighted by molar-refractivity contribution is 0.562. The normalized spacial score (nSPS) is 13.4. The maximum absolute atomic E-state index is 4.67. The minimum absolute atomic E-state index is 0.0158. The van der Waals surface area contributed by atoms with E-state index >= 15 is 0 Å². The molecule has 0 aromatic carbocycles. The van der Waals surface area contributed by atoms with Crippen LogP contribution < -0.4 is 5.32 Å². The molecule has 0 saturated carbocycles. The van der Waals surface area contributed by atoms with Gasteiger partial charge in [-0.3, -0.25) is 4.40 Å². The molecule has 4 rings (SSSR count). The summed E-state index contributed by atoms with van der Waals surface area (Å²) < 4.78 is 3.85. The zero-order chi connectivity index (χ0) is 17.6. The number of fused-ring (bicyclic) bond motifs is 2. The molecule has 1 N–H and O–H groups in total. The highest BCUT2D eigenvalue weighted by atomic mass is 15.3. The van der Waals surface area contributed by atoms with E-state index in [9.17, 15) is 0 Å². The van der Waals surface area contributed by atoms with Crippen molar-refractivity contribution in [3.05, 3.63) is 54.4 Å². The number of hydrogen-bond donors (Lipinski definition) is 1. The maximum Gasteiger partial charge on any atom is 0.160 e. The van der Waals surface area contributed by atoms with Crippen molar-refractivity contribution in [1.82, 2.24) is 29.2 Å². The fourth-order valence-corrected chi connectivity index (χ4v) is 2.82. The van der Waals surface area contributed by atoms with Gasteiger partial charge in [-0.05, 0) is 25.1 Å². The van der Waals surface area contributed by atoms with Crippen LogP contribution in [0.1, 0.15) is 45.3 Å². The fraction of sp³-hybridized carbons (Fsp3) is 0.333. The van der Waals surface area contributed by atoms with Crippen LogP contribution in [0.15, 0.2) is 42.9 Å². The van der Waals surface area contributed by atoms with E-state index in [1.165, 1.54) is 0 Å². The Labute approximate surface area is 145 Å². The third-order valence-corrected chi connectivity index (χ3v) is 4.24. The quantitative estimate of drug-likeness (QED) is 0.622. The summed E-state index contributed by atoms with van der Waals surface area (Å²) in [5.41, 5.74) is 2.80. The standard InChI is InChI=1S/C18H21N7/c1-12(17-22-21-15-7-5-6-9-24(15)17)20-16-13-11-14(18(2,3)4)23-25(13)10-8-19-16/h5-12H,1-4H3,(H,19,20). The SMILES string of the molecule is CC(Nc1nccn2nc(C(C)(C)C)cc12)c1nnc2ccccn12. The first-order valence-electron chi connectivity index (χ1n) is 8.34. The molecule has 7 heteroatoms. The van der Waals surface area contributed by atoms with Crippen LogP contribution in [-0.2, 0) is 5.41 Å². The summed E-state index contributed by atoms with van der Waals surface area (Å²) in [5.74, 6) is 1.63. The Hall–Kier alpha value is -2.96. The number of pyridine rings is 1. The van der Waals surface area contributed by atoms with E-state index in [1.54, 1.807) is 6.20 Å². The molecular weight excluding hydrogens is 314 g/mol. The van der Waals surface area contributed by atoms with E-state index in [2.05, 4.69) is 59.4 Å². The van der Waals surface area contributed by atoms with E-state index in [0.29, 0.717) is 0 Å². The van der Waals surface area contributed by atoms with Crippen molar-refractivity contribution in [2.24, 2.45) is 0 Å². The van der Waals surface area contributed by atoms with Gasteiger partial charge in [-0.2, -0.15) is 5.10 Å². The Kier molecular flexibility index (Phi) is 3.45. The fourth-order valence-electron chi connectivity index (χ4n) is 2.82. The van der Waals surface area contributed by atoms with Gasteiger partial charge in [0.1, 0.15) is 5.52 Å². The summed E-state index contributed by atoms with van der Waals surface area (Å²) >= 11 is 0. The van der Waals surface area contributed by atoms with Crippen molar-refractivity contribution in [2.45, 2.75) is 39.2 Å². The van der Waals surface area contributed by atoms with Crippen LogP contribution in [0.2, 0.25) is 0 Å². The minimum Gasteiger partial charge on any atom is -0.359 e. The number of nitrogens with zero attached hydrogens (tertiary/aromatic N) is 6. The van der Waals surface area contributed by atoms with Crippen molar-refractivity contribution >= 4 is 17.0 Å². The maximum atomic E-state index is 4.67. The highest BCUT2D eigenvalue weighted by molar-refractivity contribution is 5.68. The molecule has 1 unspecified atom stereocenters. The highest BCUT2D eigenvalue weighted by Gasteiger charge is 2.20. The molecule has 0 bridgehead atoms. The first kappa shape index (κ1) is 15.6. The predicted molar refractivity (Wildman–Crippen MR) is 96.7 cm³/mol. The van der Waals surface area contributed by atoms with Gasteiger partial charge in [0.15, 0.2) is 17.3 Å². The molecule has 0 amide bonds. The Balaban J connectivity index is 1.71. The molecule has 7 nitrogen and oxygen atoms in total. The largest absolute Gasteiger partial charge is 0.359 e. The van der Waals surface area contributed by atoms with Crippen molar-refractivity contribution in [3.63, 3.8) is 0 Å². The highest BCUT2D eigenvalue weighted by Crippen LogP contribution is 2.26. The van der Waals surface area contributed by atoms with Crippen LogP contribution >= 0.6 is 0 Å². The van der Waals surface area contributed by atoms with E-state index in [4.69, 9.17) is 0 Å². The molecule has 0 spiro atoms. The molecule has 0 fully saturated rings. The molecule has 1 atom stereocenters. The number of rotatable bonds is 3. The molecule has 0 aliphatic heterocycles. The van der Waals surface area contributed by atoms with Crippen LogP contribution in [0.4, 0.5) is 5.82 Å². The Bertz CT molecular complexity index is 1040. The summed E-state index contributed by atoms with van der Waals surface area (Å²) in [5, 5.41) is 16.6. The lowest BCUT2D eigenvalue weighted by atomic mass is 9.92. The van der Waals surface area contributed by atoms with Gasteiger partial charge < -0.3 is 5.32 Å². The van der Waals surface area contributed by atoms with Crippen molar-refractivity contribution in [3.8, 4) is 0 Å². The molecule has 4 heterocycles. The summed E-state index contributed by atoms with van der Waals surface area (Å²) in [6.45, 7) is 8.51. The van der Waals surface area contributed by atoms with Gasteiger partial charge in [0.2, 0.25) is 0 Å². The van der Waals surface area contributed by atoms with Gasteiger partial charge in [0, 0.05) is 24.0 Å². The van der Waals surface area contributed by atoms with Crippen molar-refractivity contribution in [1.29, 1.82) is 0 Å². The zero-order valence-electron chi connectivity index (χ0n) is 14.8. The van der Waals surface area contributed by atoms with Gasteiger partial charge in [0.25, 0.3) is 0 Å². The topological polar surface area (TPSA) is 72.4 Å². The zero-order valence-corrected chi connectivity index (χ0v) is 14.8. The lowest BCUT2D eigenvalue weighted by Gasteiger charge is -2.14. The number of hydrogen-bond acceptors (Lipinski definition) is 5. The van der Waals surface area contributed by atoms with Crippen LogP contribution in [0, 0.1) is 0 Å². The molecule has 128 valence electrons. The lowest BCUT2D eigenvalue weighted by Crippen LogP contribution is -2.12. The number of nitrogens with one attached hydrogen (secondary N) is 1. The summed E-state index contributed by atoms with van der Waals surface area (Å²) in [6, 6.07) is 7.90. The first-order chi connectivity index (χ1) is 11.9. The second-order valence-corrected chi connectivity index (χ2v) is 7.24.